The second kappa shape index (κ2) is 3.38. The van der Waals surface area contributed by atoms with Crippen molar-refractivity contribution in [2.24, 2.45) is 12.8 Å². The van der Waals surface area contributed by atoms with Crippen molar-refractivity contribution in [2.75, 3.05) is 0 Å². The molecule has 0 atom stereocenters. The summed E-state index contributed by atoms with van der Waals surface area (Å²) in [6, 6.07) is 5.43. The van der Waals surface area contributed by atoms with E-state index in [1.807, 2.05) is 13.1 Å². The van der Waals surface area contributed by atoms with Crippen LogP contribution in [0.25, 0.3) is 10.9 Å². The Balaban J connectivity index is 2.72. The SMILES string of the molecule is CCc1nn(C)c2cc(C(N)=O)ccc12. The molecular weight excluding hydrogens is 190 g/mol. The van der Waals surface area contributed by atoms with Gasteiger partial charge < -0.3 is 5.73 Å². The summed E-state index contributed by atoms with van der Waals surface area (Å²) in [6.45, 7) is 2.06. The fourth-order valence-corrected chi connectivity index (χ4v) is 1.75. The van der Waals surface area contributed by atoms with Gasteiger partial charge in [0.05, 0.1) is 11.2 Å². The summed E-state index contributed by atoms with van der Waals surface area (Å²) in [5, 5.41) is 5.46. The van der Waals surface area contributed by atoms with E-state index >= 15 is 0 Å². The van der Waals surface area contributed by atoms with Crippen molar-refractivity contribution in [3.8, 4) is 0 Å². The molecule has 2 rings (SSSR count). The first-order chi connectivity index (χ1) is 7.13. The minimum absolute atomic E-state index is 0.406. The van der Waals surface area contributed by atoms with Gasteiger partial charge in [0.25, 0.3) is 0 Å². The number of primary amides is 1. The molecule has 2 aromatic rings. The highest BCUT2D eigenvalue weighted by Crippen LogP contribution is 2.19. The maximum atomic E-state index is 11.0. The number of amides is 1. The highest BCUT2D eigenvalue weighted by atomic mass is 16.1. The molecule has 78 valence electrons. The van der Waals surface area contributed by atoms with Gasteiger partial charge in [-0.25, -0.2) is 0 Å². The van der Waals surface area contributed by atoms with Gasteiger partial charge in [0.1, 0.15) is 0 Å². The fourth-order valence-electron chi connectivity index (χ4n) is 1.75. The van der Waals surface area contributed by atoms with Gasteiger partial charge in [0.15, 0.2) is 0 Å². The average molecular weight is 203 g/mol. The molecule has 1 heterocycles. The summed E-state index contributed by atoms with van der Waals surface area (Å²) in [6.07, 6.45) is 0.882. The lowest BCUT2D eigenvalue weighted by molar-refractivity contribution is 0.100. The van der Waals surface area contributed by atoms with E-state index in [0.29, 0.717) is 5.56 Å². The maximum Gasteiger partial charge on any atom is 0.248 e. The van der Waals surface area contributed by atoms with Crippen molar-refractivity contribution in [3.63, 3.8) is 0 Å². The molecule has 4 nitrogen and oxygen atoms in total. The molecule has 0 aliphatic heterocycles. The maximum absolute atomic E-state index is 11.0. The van der Waals surface area contributed by atoms with E-state index in [0.717, 1.165) is 23.0 Å². The summed E-state index contributed by atoms with van der Waals surface area (Å²) in [5.41, 5.74) is 7.74. The topological polar surface area (TPSA) is 60.9 Å². The average Bonchev–Trinajstić information content (AvgIpc) is 2.55. The Morgan fingerprint density at radius 1 is 1.53 bits per heavy atom. The lowest BCUT2D eigenvalue weighted by Crippen LogP contribution is -2.10. The number of benzene rings is 1. The molecule has 0 aliphatic rings. The van der Waals surface area contributed by atoms with Gasteiger partial charge in [-0.3, -0.25) is 9.48 Å². The molecule has 0 aliphatic carbocycles. The van der Waals surface area contributed by atoms with Crippen LogP contribution in [-0.2, 0) is 13.5 Å². The Morgan fingerprint density at radius 3 is 2.87 bits per heavy atom. The van der Waals surface area contributed by atoms with Gasteiger partial charge in [-0.15, -0.1) is 0 Å². The predicted molar refractivity (Wildman–Crippen MR) is 58.6 cm³/mol. The van der Waals surface area contributed by atoms with Crippen molar-refractivity contribution in [2.45, 2.75) is 13.3 Å². The second-order valence-electron chi connectivity index (χ2n) is 3.52. The van der Waals surface area contributed by atoms with E-state index in [2.05, 4.69) is 12.0 Å². The molecule has 4 heteroatoms. The van der Waals surface area contributed by atoms with Gasteiger partial charge >= 0.3 is 0 Å². The first-order valence-electron chi connectivity index (χ1n) is 4.89. The van der Waals surface area contributed by atoms with Crippen molar-refractivity contribution >= 4 is 16.8 Å². The summed E-state index contributed by atoms with van der Waals surface area (Å²) in [5.74, 6) is -0.406. The highest BCUT2D eigenvalue weighted by Gasteiger charge is 2.09. The molecule has 0 unspecified atom stereocenters. The van der Waals surface area contributed by atoms with Crippen LogP contribution >= 0.6 is 0 Å². The molecule has 15 heavy (non-hydrogen) atoms. The number of fused-ring (bicyclic) bond motifs is 1. The third-order valence-corrected chi connectivity index (χ3v) is 2.55. The molecule has 0 spiro atoms. The van der Waals surface area contributed by atoms with Crippen LogP contribution in [0, 0.1) is 0 Å². The smallest absolute Gasteiger partial charge is 0.248 e. The molecule has 0 fully saturated rings. The van der Waals surface area contributed by atoms with E-state index in [-0.39, 0.29) is 0 Å². The monoisotopic (exact) mass is 203 g/mol. The van der Waals surface area contributed by atoms with Crippen LogP contribution in [0.3, 0.4) is 0 Å². The molecular formula is C11H13N3O. The van der Waals surface area contributed by atoms with Gasteiger partial charge in [-0.05, 0) is 18.6 Å². The molecule has 1 amide bonds. The van der Waals surface area contributed by atoms with Crippen molar-refractivity contribution < 1.29 is 4.79 Å². The molecule has 0 bridgehead atoms. The molecule has 1 aromatic heterocycles. The van der Waals surface area contributed by atoms with Gasteiger partial charge in [-0.1, -0.05) is 13.0 Å². The standard InChI is InChI=1S/C11H13N3O/c1-3-9-8-5-4-7(11(12)15)6-10(8)14(2)13-9/h4-6H,3H2,1-2H3,(H2,12,15). The number of nitrogens with zero attached hydrogens (tertiary/aromatic N) is 2. The molecule has 1 aromatic carbocycles. The third-order valence-electron chi connectivity index (χ3n) is 2.55. The highest BCUT2D eigenvalue weighted by molar-refractivity contribution is 5.97. The molecule has 2 N–H and O–H groups in total. The number of hydrogen-bond donors (Lipinski definition) is 1. The summed E-state index contributed by atoms with van der Waals surface area (Å²) >= 11 is 0. The number of aryl methyl sites for hydroxylation is 2. The van der Waals surface area contributed by atoms with Crippen molar-refractivity contribution in [1.29, 1.82) is 0 Å². The van der Waals surface area contributed by atoms with Crippen molar-refractivity contribution in [1.82, 2.24) is 9.78 Å². The zero-order valence-corrected chi connectivity index (χ0v) is 8.82. The Hall–Kier alpha value is -1.84. The zero-order chi connectivity index (χ0) is 11.0. The Labute approximate surface area is 87.7 Å². The number of nitrogens with two attached hydrogens (primary N) is 1. The zero-order valence-electron chi connectivity index (χ0n) is 8.82. The van der Waals surface area contributed by atoms with Gasteiger partial charge in [0, 0.05) is 18.0 Å². The number of aromatic nitrogens is 2. The van der Waals surface area contributed by atoms with Crippen LogP contribution in [0.4, 0.5) is 0 Å². The molecule has 0 saturated carbocycles. The largest absolute Gasteiger partial charge is 0.366 e. The second-order valence-corrected chi connectivity index (χ2v) is 3.52. The van der Waals surface area contributed by atoms with Crippen LogP contribution in [0.15, 0.2) is 18.2 Å². The summed E-state index contributed by atoms with van der Waals surface area (Å²) in [7, 11) is 1.87. The van der Waals surface area contributed by atoms with Crippen LogP contribution in [0.1, 0.15) is 23.0 Å². The minimum atomic E-state index is -0.406. The Kier molecular flexibility index (Phi) is 2.19. The molecule has 0 saturated heterocycles. The molecule has 0 radical (unpaired) electrons. The first-order valence-corrected chi connectivity index (χ1v) is 4.89. The van der Waals surface area contributed by atoms with E-state index in [1.54, 1.807) is 16.8 Å². The normalized spacial score (nSPS) is 10.8. The van der Waals surface area contributed by atoms with Crippen LogP contribution in [-0.4, -0.2) is 15.7 Å². The Morgan fingerprint density at radius 2 is 2.27 bits per heavy atom. The lowest BCUT2D eigenvalue weighted by atomic mass is 10.1. The van der Waals surface area contributed by atoms with Gasteiger partial charge in [0.2, 0.25) is 5.91 Å². The van der Waals surface area contributed by atoms with E-state index < -0.39 is 5.91 Å². The van der Waals surface area contributed by atoms with Crippen LogP contribution in [0.2, 0.25) is 0 Å². The predicted octanol–water partition coefficient (Wildman–Crippen LogP) is 1.23. The third kappa shape index (κ3) is 1.48. The number of hydrogen-bond acceptors (Lipinski definition) is 2. The quantitative estimate of drug-likeness (QED) is 0.798. The minimum Gasteiger partial charge on any atom is -0.366 e. The van der Waals surface area contributed by atoms with Crippen LogP contribution < -0.4 is 5.73 Å². The number of carbonyl (C=O) groups excluding carboxylic acids is 1. The first kappa shape index (κ1) is 9.71. The van der Waals surface area contributed by atoms with E-state index in [1.165, 1.54) is 0 Å². The fraction of sp³-hybridized carbons (Fsp3) is 0.273. The summed E-state index contributed by atoms with van der Waals surface area (Å²) in [4.78, 5) is 11.0. The Bertz CT molecular complexity index is 528. The number of carbonyl (C=O) groups is 1. The van der Waals surface area contributed by atoms with E-state index in [9.17, 15) is 4.79 Å². The van der Waals surface area contributed by atoms with Crippen molar-refractivity contribution in [3.05, 3.63) is 29.5 Å². The summed E-state index contributed by atoms with van der Waals surface area (Å²) < 4.78 is 1.78. The number of rotatable bonds is 2. The lowest BCUT2D eigenvalue weighted by Gasteiger charge is -1.97. The van der Waals surface area contributed by atoms with E-state index in [4.69, 9.17) is 5.73 Å². The van der Waals surface area contributed by atoms with Crippen LogP contribution in [0.5, 0.6) is 0 Å². The van der Waals surface area contributed by atoms with Gasteiger partial charge in [-0.2, -0.15) is 5.10 Å².